The third-order valence-corrected chi connectivity index (χ3v) is 8.87. The molecule has 0 radical (unpaired) electrons. The summed E-state index contributed by atoms with van der Waals surface area (Å²) >= 11 is 0. The van der Waals surface area contributed by atoms with Crippen LogP contribution in [0.3, 0.4) is 0 Å². The molecular weight excluding hydrogens is 702 g/mol. The van der Waals surface area contributed by atoms with E-state index in [1.54, 1.807) is 0 Å². The van der Waals surface area contributed by atoms with E-state index >= 15 is 0 Å². The van der Waals surface area contributed by atoms with Gasteiger partial charge in [-0.1, -0.05) is 5.11 Å². The largest absolute Gasteiger partial charge is 0.394 e. The highest BCUT2D eigenvalue weighted by molar-refractivity contribution is 4.96. The summed E-state index contributed by atoms with van der Waals surface area (Å²) in [4.78, 5) is 2.60. The Morgan fingerprint density at radius 2 is 1.10 bits per heavy atom. The molecule has 0 aromatic rings. The number of aliphatic hydroxyl groups excluding tert-OH is 13. The third kappa shape index (κ3) is 9.78. The monoisotopic (exact) mass is 749 g/mol. The van der Waals surface area contributed by atoms with Crippen LogP contribution in [0.4, 0.5) is 0 Å². The number of ether oxygens (including phenoxy) is 8. The molecule has 0 amide bonds. The van der Waals surface area contributed by atoms with Crippen molar-refractivity contribution in [3.63, 3.8) is 0 Å². The first kappa shape index (κ1) is 42.2. The Balaban J connectivity index is 1.48. The molecular formula is C27H47N3O21. The fourth-order valence-electron chi connectivity index (χ4n) is 5.86. The molecule has 0 saturated carbocycles. The van der Waals surface area contributed by atoms with Crippen LogP contribution in [0, 0.1) is 0 Å². The maximum absolute atomic E-state index is 11.2. The zero-order chi connectivity index (χ0) is 37.6. The van der Waals surface area contributed by atoms with Crippen LogP contribution in [0.2, 0.25) is 0 Å². The Hall–Kier alpha value is -1.53. The van der Waals surface area contributed by atoms with Crippen LogP contribution in [-0.4, -0.2) is 229 Å². The summed E-state index contributed by atoms with van der Waals surface area (Å²) in [5.74, 6) is 0. The van der Waals surface area contributed by atoms with E-state index in [0.717, 1.165) is 0 Å². The molecule has 4 aliphatic rings. The first-order chi connectivity index (χ1) is 24.2. The molecule has 24 heteroatoms. The summed E-state index contributed by atoms with van der Waals surface area (Å²) in [6.07, 6.45) is -33.9. The topological polar surface area (TPSA) is 386 Å². The molecule has 0 unspecified atom stereocenters. The second-order valence-corrected chi connectivity index (χ2v) is 12.4. The van der Waals surface area contributed by atoms with Crippen molar-refractivity contribution in [2.45, 2.75) is 129 Å². The minimum absolute atomic E-state index is 0.0643. The van der Waals surface area contributed by atoms with Gasteiger partial charge in [-0.25, -0.2) is 0 Å². The fourth-order valence-corrected chi connectivity index (χ4v) is 5.86. The Bertz CT molecular complexity index is 1110. The number of hydrogen-bond donors (Lipinski definition) is 13. The zero-order valence-corrected chi connectivity index (χ0v) is 26.9. The van der Waals surface area contributed by atoms with Crippen molar-refractivity contribution in [3.8, 4) is 0 Å². The van der Waals surface area contributed by atoms with Crippen LogP contribution >= 0.6 is 0 Å². The first-order valence-electron chi connectivity index (χ1n) is 16.1. The van der Waals surface area contributed by atoms with E-state index in [9.17, 15) is 66.4 Å². The fraction of sp³-hybridized carbons (Fsp3) is 1.00. The van der Waals surface area contributed by atoms with Gasteiger partial charge in [0.25, 0.3) is 0 Å². The Morgan fingerprint density at radius 3 is 1.67 bits per heavy atom. The summed E-state index contributed by atoms with van der Waals surface area (Å²) in [6.45, 7) is -3.02. The maximum atomic E-state index is 11.2. The molecule has 4 aliphatic heterocycles. The standard InChI is InChI=1S/C27H47N3O21/c28-30-29-2-1-3-44-24-18(40)16(38)13(35)10(48-24)6-46-26-21(43)23(51-27-20(42)17(39)22(50-27)8(33)4-31)14(36)11(49-26)7-45-25-19(41)15(37)12(34)9(5-32)47-25/h8-27,31-43H,1-7H2/t8-,9-,10-,11-,12-,13-,14-,15+,16+,17-,18+,19+,20-,21+,22+,23+,24+,25+,26+,27+/m1/s1. The van der Waals surface area contributed by atoms with E-state index in [2.05, 4.69) is 10.0 Å². The first-order valence-corrected chi connectivity index (χ1v) is 16.1. The van der Waals surface area contributed by atoms with Gasteiger partial charge < -0.3 is 104 Å². The molecule has 4 saturated heterocycles. The molecule has 0 bridgehead atoms. The van der Waals surface area contributed by atoms with Gasteiger partial charge in [0, 0.05) is 18.1 Å². The Labute approximate surface area is 289 Å². The number of rotatable bonds is 16. The van der Waals surface area contributed by atoms with Gasteiger partial charge in [0.05, 0.1) is 26.4 Å². The van der Waals surface area contributed by atoms with E-state index in [4.69, 9.17) is 43.4 Å². The molecule has 0 aromatic carbocycles. The number of hydrogen-bond acceptors (Lipinski definition) is 22. The number of azide groups is 1. The van der Waals surface area contributed by atoms with E-state index in [1.807, 2.05) is 0 Å². The smallest absolute Gasteiger partial charge is 0.187 e. The van der Waals surface area contributed by atoms with Gasteiger partial charge in [0.1, 0.15) is 97.7 Å². The van der Waals surface area contributed by atoms with Crippen LogP contribution in [-0.2, 0) is 37.9 Å². The summed E-state index contributed by atoms with van der Waals surface area (Å²) in [7, 11) is 0. The van der Waals surface area contributed by atoms with Gasteiger partial charge in [-0.2, -0.15) is 0 Å². The average Bonchev–Trinajstić information content (AvgIpc) is 3.40. The van der Waals surface area contributed by atoms with Crippen molar-refractivity contribution < 1.29 is 104 Å². The van der Waals surface area contributed by atoms with Crippen molar-refractivity contribution in [1.82, 2.24) is 0 Å². The quantitative estimate of drug-likeness (QED) is 0.0301. The molecule has 4 fully saturated rings. The lowest BCUT2D eigenvalue weighted by Crippen LogP contribution is -2.63. The summed E-state index contributed by atoms with van der Waals surface area (Å²) in [5, 5.41) is 137. The van der Waals surface area contributed by atoms with Crippen LogP contribution in [0.15, 0.2) is 5.11 Å². The molecule has 0 aliphatic carbocycles. The van der Waals surface area contributed by atoms with Gasteiger partial charge in [0.2, 0.25) is 0 Å². The van der Waals surface area contributed by atoms with E-state index in [1.165, 1.54) is 0 Å². The molecule has 51 heavy (non-hydrogen) atoms. The summed E-state index contributed by atoms with van der Waals surface area (Å²) in [6, 6.07) is 0. The lowest BCUT2D eigenvalue weighted by molar-refractivity contribution is -0.355. The van der Waals surface area contributed by atoms with Crippen molar-refractivity contribution in [1.29, 1.82) is 0 Å². The van der Waals surface area contributed by atoms with Gasteiger partial charge in [-0.05, 0) is 12.0 Å². The van der Waals surface area contributed by atoms with E-state index in [0.29, 0.717) is 0 Å². The van der Waals surface area contributed by atoms with Gasteiger partial charge in [0.15, 0.2) is 25.2 Å². The molecule has 0 spiro atoms. The highest BCUT2D eigenvalue weighted by Crippen LogP contribution is 2.33. The second kappa shape index (κ2) is 19.2. The summed E-state index contributed by atoms with van der Waals surface area (Å²) < 4.78 is 44.1. The van der Waals surface area contributed by atoms with Gasteiger partial charge in [-0.15, -0.1) is 0 Å². The predicted molar refractivity (Wildman–Crippen MR) is 156 cm³/mol. The molecule has 0 aromatic heterocycles. The van der Waals surface area contributed by atoms with Crippen molar-refractivity contribution >= 4 is 0 Å². The molecule has 13 N–H and O–H groups in total. The van der Waals surface area contributed by atoms with E-state index in [-0.39, 0.29) is 19.6 Å². The highest BCUT2D eigenvalue weighted by Gasteiger charge is 2.53. The summed E-state index contributed by atoms with van der Waals surface area (Å²) in [5.41, 5.74) is 8.39. The Morgan fingerprint density at radius 1 is 0.588 bits per heavy atom. The number of aliphatic hydroxyl groups is 13. The second-order valence-electron chi connectivity index (χ2n) is 12.4. The molecule has 296 valence electrons. The molecule has 4 rings (SSSR count). The van der Waals surface area contributed by atoms with Crippen LogP contribution in [0.25, 0.3) is 10.4 Å². The van der Waals surface area contributed by atoms with Crippen LogP contribution in [0.1, 0.15) is 6.42 Å². The SMILES string of the molecule is [N-]=[N+]=NCCCO[C@H]1O[C@H](CO[C@H]2O[C@H](CO[C@H]3O[C@H](CO)[C@@H](O)[C@H](O)[C@@H]3O)[C@@H](O)[C@H](O[C@@H]3O[C@@H]([C@H](O)CO)[C@H](O)[C@H]3O)[C@@H]2O)[C@@H](O)[C@H](O)[C@@H]1O. The van der Waals surface area contributed by atoms with E-state index < -0.39 is 149 Å². The average molecular weight is 750 g/mol. The van der Waals surface area contributed by atoms with Crippen molar-refractivity contribution in [2.24, 2.45) is 5.11 Å². The van der Waals surface area contributed by atoms with Crippen molar-refractivity contribution in [3.05, 3.63) is 10.4 Å². The molecule has 20 atom stereocenters. The van der Waals surface area contributed by atoms with Gasteiger partial charge in [-0.3, -0.25) is 0 Å². The predicted octanol–water partition coefficient (Wildman–Crippen LogP) is -8.02. The van der Waals surface area contributed by atoms with Gasteiger partial charge >= 0.3 is 0 Å². The van der Waals surface area contributed by atoms with Crippen LogP contribution < -0.4 is 0 Å². The minimum Gasteiger partial charge on any atom is -0.394 e. The lowest BCUT2D eigenvalue weighted by atomic mass is 9.97. The highest BCUT2D eigenvalue weighted by atomic mass is 16.8. The third-order valence-electron chi connectivity index (χ3n) is 8.87. The minimum atomic E-state index is -1.96. The van der Waals surface area contributed by atoms with Crippen molar-refractivity contribution in [2.75, 3.05) is 39.6 Å². The normalized spacial score (nSPS) is 46.8. The maximum Gasteiger partial charge on any atom is 0.187 e. The molecule has 4 heterocycles. The Kier molecular flexibility index (Phi) is 15.9. The lowest BCUT2D eigenvalue weighted by Gasteiger charge is -2.45. The van der Waals surface area contributed by atoms with Crippen LogP contribution in [0.5, 0.6) is 0 Å². The molecule has 24 nitrogen and oxygen atoms in total. The zero-order valence-electron chi connectivity index (χ0n) is 26.9. The number of nitrogens with zero attached hydrogens (tertiary/aromatic N) is 3.